The fourth-order valence-electron chi connectivity index (χ4n) is 3.38. The van der Waals surface area contributed by atoms with Gasteiger partial charge in [-0.05, 0) is 54.8 Å². The van der Waals surface area contributed by atoms with Crippen molar-refractivity contribution in [1.82, 2.24) is 9.80 Å². The van der Waals surface area contributed by atoms with Gasteiger partial charge in [0.05, 0.1) is 6.21 Å². The van der Waals surface area contributed by atoms with Crippen LogP contribution in [0.3, 0.4) is 0 Å². The van der Waals surface area contributed by atoms with Crippen LogP contribution in [0.2, 0.25) is 0 Å². The van der Waals surface area contributed by atoms with E-state index in [-0.39, 0.29) is 0 Å². The fourth-order valence-corrected chi connectivity index (χ4v) is 3.99. The predicted molar refractivity (Wildman–Crippen MR) is 126 cm³/mol. The Kier molecular flexibility index (Phi) is 7.86. The van der Waals surface area contributed by atoms with Crippen molar-refractivity contribution in [3.63, 3.8) is 0 Å². The number of rotatable bonds is 6. The molecule has 1 aliphatic heterocycles. The average Bonchev–Trinajstić information content (AvgIpc) is 2.72. The molecular formula is C23H31N5S. The van der Waals surface area contributed by atoms with Gasteiger partial charge in [0.1, 0.15) is 0 Å². The molecule has 1 aliphatic rings. The van der Waals surface area contributed by atoms with Crippen LogP contribution in [0.25, 0.3) is 0 Å². The van der Waals surface area contributed by atoms with Crippen molar-refractivity contribution in [1.29, 1.82) is 0 Å². The van der Waals surface area contributed by atoms with Crippen LogP contribution < -0.4 is 5.73 Å². The van der Waals surface area contributed by atoms with Crippen molar-refractivity contribution in [2.24, 2.45) is 15.9 Å². The van der Waals surface area contributed by atoms with Gasteiger partial charge < -0.3 is 10.6 Å². The van der Waals surface area contributed by atoms with Gasteiger partial charge in [-0.2, -0.15) is 5.10 Å². The second kappa shape index (κ2) is 10.6. The summed E-state index contributed by atoms with van der Waals surface area (Å²) in [5.41, 5.74) is 12.2. The highest BCUT2D eigenvalue weighted by Crippen LogP contribution is 2.18. The molecule has 1 fully saturated rings. The minimum absolute atomic E-state index is 0.479. The average molecular weight is 410 g/mol. The van der Waals surface area contributed by atoms with Crippen LogP contribution in [-0.4, -0.2) is 54.4 Å². The molecular weight excluding hydrogens is 378 g/mol. The molecule has 154 valence electrons. The first-order valence-corrected chi connectivity index (χ1v) is 11.0. The minimum atomic E-state index is 0.479. The minimum Gasteiger partial charge on any atom is -0.377 e. The standard InChI is InChI=1S/C23H31N5S/c1-18-13-19(2)22(16-28-11-9-27(3)10-12-28)14-21(18)15-25-26-23(24)29-17-20-7-5-4-6-8-20/h4-8,13-15H,9-12,16-17H2,1-3H3,(H2,24,26). The normalized spacial score (nSPS) is 16.6. The maximum absolute atomic E-state index is 6.00. The smallest absolute Gasteiger partial charge is 0.180 e. The van der Waals surface area contributed by atoms with Gasteiger partial charge in [-0.3, -0.25) is 4.90 Å². The molecule has 0 unspecified atom stereocenters. The first kappa shape index (κ1) is 21.6. The number of nitrogens with two attached hydrogens (primary N) is 1. The summed E-state index contributed by atoms with van der Waals surface area (Å²) in [6.07, 6.45) is 1.82. The van der Waals surface area contributed by atoms with Gasteiger partial charge in [-0.15, -0.1) is 5.10 Å². The molecule has 1 saturated heterocycles. The largest absolute Gasteiger partial charge is 0.377 e. The third-order valence-corrected chi connectivity index (χ3v) is 6.15. The van der Waals surface area contributed by atoms with Crippen molar-refractivity contribution < 1.29 is 0 Å². The number of hydrogen-bond donors (Lipinski definition) is 1. The summed E-state index contributed by atoms with van der Waals surface area (Å²) >= 11 is 1.50. The molecule has 6 heteroatoms. The molecule has 0 aliphatic carbocycles. The van der Waals surface area contributed by atoms with E-state index in [2.05, 4.69) is 65.2 Å². The summed E-state index contributed by atoms with van der Waals surface area (Å²) in [6, 6.07) is 14.7. The first-order chi connectivity index (χ1) is 14.0. The van der Waals surface area contributed by atoms with Crippen molar-refractivity contribution in [3.05, 3.63) is 70.3 Å². The van der Waals surface area contributed by atoms with E-state index < -0.39 is 0 Å². The third kappa shape index (κ3) is 6.70. The molecule has 0 spiro atoms. The van der Waals surface area contributed by atoms with Crippen molar-refractivity contribution in [2.75, 3.05) is 33.2 Å². The second-order valence-electron chi connectivity index (χ2n) is 7.67. The number of amidine groups is 1. The maximum atomic E-state index is 6.00. The Morgan fingerprint density at radius 3 is 2.52 bits per heavy atom. The zero-order valence-electron chi connectivity index (χ0n) is 17.6. The van der Waals surface area contributed by atoms with Crippen LogP contribution in [0, 0.1) is 13.8 Å². The number of aryl methyl sites for hydroxylation is 2. The Morgan fingerprint density at radius 1 is 1.07 bits per heavy atom. The van der Waals surface area contributed by atoms with Crippen LogP contribution in [0.1, 0.15) is 27.8 Å². The van der Waals surface area contributed by atoms with E-state index in [9.17, 15) is 0 Å². The highest BCUT2D eigenvalue weighted by atomic mass is 32.2. The van der Waals surface area contributed by atoms with E-state index in [4.69, 9.17) is 5.73 Å². The summed E-state index contributed by atoms with van der Waals surface area (Å²) in [7, 11) is 2.19. The van der Waals surface area contributed by atoms with Gasteiger partial charge in [0.15, 0.2) is 5.17 Å². The van der Waals surface area contributed by atoms with Crippen molar-refractivity contribution in [3.8, 4) is 0 Å². The van der Waals surface area contributed by atoms with Gasteiger partial charge in [0, 0.05) is 38.5 Å². The van der Waals surface area contributed by atoms with Crippen molar-refractivity contribution >= 4 is 23.1 Å². The molecule has 2 aromatic rings. The summed E-state index contributed by atoms with van der Waals surface area (Å²) in [5.74, 6) is 0.796. The zero-order chi connectivity index (χ0) is 20.6. The number of piperazine rings is 1. The molecule has 2 aromatic carbocycles. The quantitative estimate of drug-likeness (QED) is 0.450. The lowest BCUT2D eigenvalue weighted by atomic mass is 10.00. The van der Waals surface area contributed by atoms with Crippen LogP contribution in [0.5, 0.6) is 0 Å². The molecule has 29 heavy (non-hydrogen) atoms. The number of thioether (sulfide) groups is 1. The molecule has 0 saturated carbocycles. The lowest BCUT2D eigenvalue weighted by molar-refractivity contribution is 0.148. The molecule has 0 atom stereocenters. The lowest BCUT2D eigenvalue weighted by Crippen LogP contribution is -2.44. The van der Waals surface area contributed by atoms with Gasteiger partial charge >= 0.3 is 0 Å². The third-order valence-electron chi connectivity index (χ3n) is 5.30. The van der Waals surface area contributed by atoms with E-state index in [0.29, 0.717) is 5.17 Å². The van der Waals surface area contributed by atoms with E-state index in [0.717, 1.165) is 44.0 Å². The maximum Gasteiger partial charge on any atom is 0.180 e. The zero-order valence-corrected chi connectivity index (χ0v) is 18.5. The van der Waals surface area contributed by atoms with Crippen LogP contribution in [-0.2, 0) is 12.3 Å². The summed E-state index contributed by atoms with van der Waals surface area (Å²) in [5, 5.41) is 8.88. The molecule has 5 nitrogen and oxygen atoms in total. The summed E-state index contributed by atoms with van der Waals surface area (Å²) < 4.78 is 0. The predicted octanol–water partition coefficient (Wildman–Crippen LogP) is 3.63. The topological polar surface area (TPSA) is 57.2 Å². The number of likely N-dealkylation sites (N-methyl/N-ethyl adjacent to an activating group) is 1. The SMILES string of the molecule is Cc1cc(C)c(CN2CCN(C)CC2)cc1C=NN=C(N)SCc1ccccc1. The highest BCUT2D eigenvalue weighted by molar-refractivity contribution is 8.13. The van der Waals surface area contributed by atoms with Crippen LogP contribution in [0.4, 0.5) is 0 Å². The van der Waals surface area contributed by atoms with E-state index in [1.807, 2.05) is 24.4 Å². The summed E-state index contributed by atoms with van der Waals surface area (Å²) in [6.45, 7) is 9.79. The van der Waals surface area contributed by atoms with Gasteiger partial charge in [0.2, 0.25) is 0 Å². The molecule has 3 rings (SSSR count). The van der Waals surface area contributed by atoms with Crippen LogP contribution >= 0.6 is 11.8 Å². The highest BCUT2D eigenvalue weighted by Gasteiger charge is 2.15. The number of nitrogens with zero attached hydrogens (tertiary/aromatic N) is 4. The van der Waals surface area contributed by atoms with E-state index in [1.165, 1.54) is 34.0 Å². The van der Waals surface area contributed by atoms with E-state index in [1.54, 1.807) is 0 Å². The molecule has 0 aromatic heterocycles. The molecule has 1 heterocycles. The fraction of sp³-hybridized carbons (Fsp3) is 0.391. The van der Waals surface area contributed by atoms with Crippen molar-refractivity contribution in [2.45, 2.75) is 26.1 Å². The number of benzene rings is 2. The van der Waals surface area contributed by atoms with Gasteiger partial charge in [-0.25, -0.2) is 0 Å². The Bertz CT molecular complexity index is 855. The molecule has 0 bridgehead atoms. The van der Waals surface area contributed by atoms with Gasteiger partial charge in [-0.1, -0.05) is 48.2 Å². The van der Waals surface area contributed by atoms with E-state index >= 15 is 0 Å². The Balaban J connectivity index is 1.61. The Morgan fingerprint density at radius 2 is 1.79 bits per heavy atom. The summed E-state index contributed by atoms with van der Waals surface area (Å²) in [4.78, 5) is 4.91. The first-order valence-electron chi connectivity index (χ1n) is 10.1. The molecule has 0 amide bonds. The Labute approximate surface area is 178 Å². The Hall–Kier alpha value is -2.15. The molecule has 2 N–H and O–H groups in total. The van der Waals surface area contributed by atoms with Gasteiger partial charge in [0.25, 0.3) is 0 Å². The molecule has 0 radical (unpaired) electrons. The monoisotopic (exact) mass is 409 g/mol. The number of hydrogen-bond acceptors (Lipinski definition) is 5. The lowest BCUT2D eigenvalue weighted by Gasteiger charge is -2.32. The van der Waals surface area contributed by atoms with Crippen LogP contribution in [0.15, 0.2) is 52.7 Å². The second-order valence-corrected chi connectivity index (χ2v) is 8.67.